The highest BCUT2D eigenvalue weighted by atomic mass is 16.7. The van der Waals surface area contributed by atoms with Gasteiger partial charge >= 0.3 is 13.1 Å². The van der Waals surface area contributed by atoms with Gasteiger partial charge in [0.2, 0.25) is 0 Å². The molecule has 0 aromatic heterocycles. The Morgan fingerprint density at radius 2 is 1.42 bits per heavy atom. The standard InChI is InChI=1S/C31H45BO6/c1-19-14-22(32-37-29(6,7)30(8,9)38-32)15-20(2)26(19)27-23(33)17-31(18-24(27)34)12-10-21(11-13-31)16-25(35)36-28(3,4)5/h14-15,21,27H,10-13,16-18H2,1-9H3. The first kappa shape index (κ1) is 29.0. The molecule has 2 saturated carbocycles. The molecule has 1 spiro atoms. The largest absolute Gasteiger partial charge is 0.494 e. The van der Waals surface area contributed by atoms with Gasteiger partial charge in [-0.05, 0) is 121 Å². The van der Waals surface area contributed by atoms with Gasteiger partial charge in [0, 0.05) is 19.3 Å². The van der Waals surface area contributed by atoms with Gasteiger partial charge in [0.15, 0.2) is 0 Å². The van der Waals surface area contributed by atoms with Crippen LogP contribution < -0.4 is 5.46 Å². The minimum atomic E-state index is -0.701. The number of Topliss-reactive ketones (excluding diaryl/α,β-unsaturated/α-hetero) is 2. The van der Waals surface area contributed by atoms with Crippen LogP contribution in [0.15, 0.2) is 12.1 Å². The third-order valence-corrected chi connectivity index (χ3v) is 9.21. The molecular formula is C31H45BO6. The summed E-state index contributed by atoms with van der Waals surface area (Å²) >= 11 is 0. The highest BCUT2D eigenvalue weighted by Gasteiger charge is 2.52. The summed E-state index contributed by atoms with van der Waals surface area (Å²) in [5.74, 6) is -0.551. The lowest BCUT2D eigenvalue weighted by Crippen LogP contribution is -2.42. The molecule has 0 amide bonds. The Bertz CT molecular complexity index is 1060. The van der Waals surface area contributed by atoms with Crippen molar-refractivity contribution in [3.63, 3.8) is 0 Å². The van der Waals surface area contributed by atoms with Gasteiger partial charge in [0.25, 0.3) is 0 Å². The van der Waals surface area contributed by atoms with Crippen LogP contribution in [-0.4, -0.2) is 41.5 Å². The van der Waals surface area contributed by atoms with E-state index >= 15 is 0 Å². The number of benzene rings is 1. The molecule has 0 bridgehead atoms. The van der Waals surface area contributed by atoms with Crippen molar-refractivity contribution in [1.82, 2.24) is 0 Å². The monoisotopic (exact) mass is 524 g/mol. The Balaban J connectivity index is 1.44. The van der Waals surface area contributed by atoms with E-state index in [1.807, 2.05) is 74.4 Å². The van der Waals surface area contributed by atoms with E-state index in [4.69, 9.17) is 14.0 Å². The van der Waals surface area contributed by atoms with Crippen LogP contribution in [0.4, 0.5) is 0 Å². The summed E-state index contributed by atoms with van der Waals surface area (Å²) in [6.07, 6.45) is 4.59. The summed E-state index contributed by atoms with van der Waals surface area (Å²) in [6, 6.07) is 4.02. The topological polar surface area (TPSA) is 78.9 Å². The molecule has 38 heavy (non-hydrogen) atoms. The number of hydrogen-bond acceptors (Lipinski definition) is 6. The number of esters is 1. The maximum Gasteiger partial charge on any atom is 0.494 e. The molecular weight excluding hydrogens is 479 g/mol. The van der Waals surface area contributed by atoms with Crippen molar-refractivity contribution in [3.8, 4) is 0 Å². The van der Waals surface area contributed by atoms with Crippen molar-refractivity contribution < 1.29 is 28.4 Å². The van der Waals surface area contributed by atoms with Crippen molar-refractivity contribution in [1.29, 1.82) is 0 Å². The predicted octanol–water partition coefficient (Wildman–Crippen LogP) is 5.53. The lowest BCUT2D eigenvalue weighted by atomic mass is 9.59. The van der Waals surface area contributed by atoms with E-state index in [-0.39, 0.29) is 28.9 Å². The van der Waals surface area contributed by atoms with Gasteiger partial charge < -0.3 is 14.0 Å². The van der Waals surface area contributed by atoms with Crippen LogP contribution in [-0.2, 0) is 28.4 Å². The smallest absolute Gasteiger partial charge is 0.460 e. The Morgan fingerprint density at radius 3 is 1.87 bits per heavy atom. The maximum atomic E-state index is 13.6. The average Bonchev–Trinajstić information content (AvgIpc) is 2.97. The van der Waals surface area contributed by atoms with E-state index < -0.39 is 29.8 Å². The first-order valence-electron chi connectivity index (χ1n) is 14.2. The van der Waals surface area contributed by atoms with E-state index in [1.165, 1.54) is 0 Å². The molecule has 0 atom stereocenters. The number of hydrogen-bond donors (Lipinski definition) is 0. The van der Waals surface area contributed by atoms with E-state index in [0.29, 0.717) is 19.3 Å². The first-order chi connectivity index (χ1) is 17.4. The SMILES string of the molecule is Cc1cc(B2OC(C)(C)C(C)(C)O2)cc(C)c1C1C(=O)CC2(CCC(CC(=O)OC(C)(C)C)CC2)CC1=O. The molecule has 4 rings (SSSR count). The number of carbonyl (C=O) groups excluding carboxylic acids is 3. The van der Waals surface area contributed by atoms with Gasteiger partial charge in [-0.25, -0.2) is 0 Å². The molecule has 0 unspecified atom stereocenters. The second-order valence-electron chi connectivity index (χ2n) is 14.1. The molecule has 2 aliphatic carbocycles. The molecule has 1 saturated heterocycles. The molecule has 1 aromatic rings. The molecule has 0 radical (unpaired) electrons. The minimum absolute atomic E-state index is 0.0291. The lowest BCUT2D eigenvalue weighted by molar-refractivity contribution is -0.157. The lowest BCUT2D eigenvalue weighted by Gasteiger charge is -2.43. The van der Waals surface area contributed by atoms with Crippen LogP contribution in [0.1, 0.15) is 116 Å². The summed E-state index contributed by atoms with van der Waals surface area (Å²) in [5.41, 5.74) is 1.99. The molecule has 3 aliphatic rings. The summed E-state index contributed by atoms with van der Waals surface area (Å²) in [7, 11) is -0.483. The minimum Gasteiger partial charge on any atom is -0.460 e. The van der Waals surface area contributed by atoms with Crippen molar-refractivity contribution in [3.05, 3.63) is 28.8 Å². The maximum absolute atomic E-state index is 13.6. The normalized spacial score (nSPS) is 29.1. The van der Waals surface area contributed by atoms with Crippen LogP contribution >= 0.6 is 0 Å². The molecule has 1 heterocycles. The number of carbonyl (C=O) groups is 3. The zero-order valence-corrected chi connectivity index (χ0v) is 24.8. The van der Waals surface area contributed by atoms with Crippen LogP contribution in [0.25, 0.3) is 0 Å². The molecule has 1 aliphatic heterocycles. The molecule has 0 N–H and O–H groups in total. The van der Waals surface area contributed by atoms with Crippen molar-refractivity contribution in [2.24, 2.45) is 11.3 Å². The van der Waals surface area contributed by atoms with E-state index in [1.54, 1.807) is 0 Å². The fourth-order valence-corrected chi connectivity index (χ4v) is 6.55. The molecule has 3 fully saturated rings. The Kier molecular flexibility index (Phi) is 7.55. The first-order valence-corrected chi connectivity index (χ1v) is 14.2. The van der Waals surface area contributed by atoms with Gasteiger partial charge in [0.05, 0.1) is 11.2 Å². The number of rotatable bonds is 4. The van der Waals surface area contributed by atoms with E-state index in [0.717, 1.165) is 47.8 Å². The molecule has 208 valence electrons. The van der Waals surface area contributed by atoms with E-state index in [2.05, 4.69) is 0 Å². The summed E-state index contributed by atoms with van der Waals surface area (Å²) in [4.78, 5) is 39.4. The van der Waals surface area contributed by atoms with Gasteiger partial charge in [-0.15, -0.1) is 0 Å². The van der Waals surface area contributed by atoms with Crippen LogP contribution in [0.3, 0.4) is 0 Å². The van der Waals surface area contributed by atoms with Gasteiger partial charge in [-0.3, -0.25) is 14.4 Å². The van der Waals surface area contributed by atoms with Gasteiger partial charge in [-0.1, -0.05) is 12.1 Å². The number of ether oxygens (including phenoxy) is 1. The zero-order chi connectivity index (χ0) is 28.3. The third kappa shape index (κ3) is 5.79. The molecule has 1 aromatic carbocycles. The van der Waals surface area contributed by atoms with Gasteiger partial charge in [-0.2, -0.15) is 0 Å². The average molecular weight is 525 g/mol. The van der Waals surface area contributed by atoms with E-state index in [9.17, 15) is 14.4 Å². The third-order valence-electron chi connectivity index (χ3n) is 9.21. The van der Waals surface area contributed by atoms with Gasteiger partial charge in [0.1, 0.15) is 23.1 Å². The Labute approximate surface area is 228 Å². The van der Waals surface area contributed by atoms with Crippen molar-refractivity contribution in [2.45, 2.75) is 130 Å². The number of aryl methyl sites for hydroxylation is 2. The zero-order valence-electron chi connectivity index (χ0n) is 24.8. The Morgan fingerprint density at radius 1 is 0.947 bits per heavy atom. The van der Waals surface area contributed by atoms with Crippen LogP contribution in [0.5, 0.6) is 0 Å². The summed E-state index contributed by atoms with van der Waals surface area (Å²) < 4.78 is 18.0. The second kappa shape index (κ2) is 9.89. The molecule has 7 heteroatoms. The quantitative estimate of drug-likeness (QED) is 0.293. The van der Waals surface area contributed by atoms with Crippen LogP contribution in [0, 0.1) is 25.2 Å². The fraction of sp³-hybridized carbons (Fsp3) is 0.710. The van der Waals surface area contributed by atoms with Crippen molar-refractivity contribution in [2.75, 3.05) is 0 Å². The highest BCUT2D eigenvalue weighted by molar-refractivity contribution is 6.62. The summed E-state index contributed by atoms with van der Waals surface area (Å²) in [5, 5.41) is 0. The fourth-order valence-electron chi connectivity index (χ4n) is 6.55. The Hall–Kier alpha value is -1.99. The van der Waals surface area contributed by atoms with Crippen LogP contribution in [0.2, 0.25) is 0 Å². The molecule has 6 nitrogen and oxygen atoms in total. The number of ketones is 2. The van der Waals surface area contributed by atoms with Crippen molar-refractivity contribution >= 4 is 30.1 Å². The second-order valence-corrected chi connectivity index (χ2v) is 14.1. The highest BCUT2D eigenvalue weighted by Crippen LogP contribution is 2.50. The summed E-state index contributed by atoms with van der Waals surface area (Å²) in [6.45, 7) is 17.7. The predicted molar refractivity (Wildman–Crippen MR) is 148 cm³/mol.